The Morgan fingerprint density at radius 2 is 2.26 bits per heavy atom. The summed E-state index contributed by atoms with van der Waals surface area (Å²) in [6.45, 7) is 2.62. The van der Waals surface area contributed by atoms with E-state index in [0.717, 1.165) is 24.6 Å². The lowest BCUT2D eigenvalue weighted by Gasteiger charge is -2.24. The van der Waals surface area contributed by atoms with E-state index >= 15 is 0 Å². The monoisotopic (exact) mass is 395 g/mol. The lowest BCUT2D eigenvalue weighted by molar-refractivity contribution is -0.142. The highest BCUT2D eigenvalue weighted by Gasteiger charge is 2.35. The molecule has 0 bridgehead atoms. The molecule has 0 radical (unpaired) electrons. The van der Waals surface area contributed by atoms with E-state index in [1.807, 2.05) is 11.4 Å². The molecule has 0 aliphatic carbocycles. The summed E-state index contributed by atoms with van der Waals surface area (Å²) in [6, 6.07) is 4.18. The topological polar surface area (TPSA) is 71.3 Å². The van der Waals surface area contributed by atoms with Crippen molar-refractivity contribution in [3.05, 3.63) is 51.1 Å². The molecule has 6 nitrogen and oxygen atoms in total. The lowest BCUT2D eigenvalue weighted by Crippen LogP contribution is -2.38. The van der Waals surface area contributed by atoms with Crippen LogP contribution in [0.25, 0.3) is 5.65 Å². The Hall–Kier alpha value is -2.46. The van der Waals surface area contributed by atoms with E-state index in [1.54, 1.807) is 11.3 Å². The summed E-state index contributed by atoms with van der Waals surface area (Å²) in [7, 11) is 0. The first-order valence-electron chi connectivity index (χ1n) is 8.35. The summed E-state index contributed by atoms with van der Waals surface area (Å²) in [6.07, 6.45) is -3.64. The first kappa shape index (κ1) is 17.9. The zero-order valence-electron chi connectivity index (χ0n) is 14.3. The van der Waals surface area contributed by atoms with Crippen LogP contribution in [0.15, 0.2) is 23.6 Å². The quantitative estimate of drug-likeness (QED) is 0.716. The Morgan fingerprint density at radius 3 is 3.04 bits per heavy atom. The fourth-order valence-electron chi connectivity index (χ4n) is 3.21. The van der Waals surface area contributed by atoms with Crippen LogP contribution in [0.3, 0.4) is 0 Å². The molecule has 1 amide bonds. The average Bonchev–Trinajstić information content (AvgIpc) is 3.24. The predicted molar refractivity (Wildman–Crippen MR) is 93.8 cm³/mol. The minimum Gasteiger partial charge on any atom is -0.349 e. The van der Waals surface area contributed by atoms with Crippen LogP contribution in [0.2, 0.25) is 0 Å². The number of fused-ring (bicyclic) bond motifs is 2. The summed E-state index contributed by atoms with van der Waals surface area (Å²) in [5.74, 6) is -0.532. The van der Waals surface area contributed by atoms with Crippen molar-refractivity contribution in [1.29, 1.82) is 0 Å². The van der Waals surface area contributed by atoms with Crippen molar-refractivity contribution < 1.29 is 18.0 Å². The van der Waals surface area contributed by atoms with E-state index in [1.165, 1.54) is 17.9 Å². The first-order chi connectivity index (χ1) is 12.8. The molecule has 1 atom stereocenters. The van der Waals surface area contributed by atoms with E-state index in [0.29, 0.717) is 11.1 Å². The molecule has 1 aliphatic rings. The fourth-order valence-corrected chi connectivity index (χ4v) is 4.16. The highest BCUT2D eigenvalue weighted by molar-refractivity contribution is 7.10. The number of nitrogens with zero attached hydrogens (tertiary/aromatic N) is 3. The van der Waals surface area contributed by atoms with Crippen LogP contribution in [-0.2, 0) is 12.6 Å². The maximum atomic E-state index is 13.2. The molecule has 0 saturated carbocycles. The number of hydrogen-bond donors (Lipinski definition) is 2. The molecule has 27 heavy (non-hydrogen) atoms. The number of hydrogen-bond acceptors (Lipinski definition) is 5. The number of aromatic nitrogens is 3. The molecule has 0 aromatic carbocycles. The van der Waals surface area contributed by atoms with Gasteiger partial charge in [0, 0.05) is 29.7 Å². The van der Waals surface area contributed by atoms with E-state index in [4.69, 9.17) is 0 Å². The van der Waals surface area contributed by atoms with Crippen molar-refractivity contribution in [3.8, 4) is 0 Å². The van der Waals surface area contributed by atoms with Crippen LogP contribution in [0.1, 0.15) is 38.4 Å². The maximum Gasteiger partial charge on any atom is 0.433 e. The van der Waals surface area contributed by atoms with Crippen LogP contribution in [0.4, 0.5) is 13.2 Å². The highest BCUT2D eigenvalue weighted by Crippen LogP contribution is 2.30. The van der Waals surface area contributed by atoms with Gasteiger partial charge in [-0.15, -0.1) is 11.3 Å². The van der Waals surface area contributed by atoms with Gasteiger partial charge >= 0.3 is 6.18 Å². The summed E-state index contributed by atoms with van der Waals surface area (Å²) in [4.78, 5) is 17.8. The van der Waals surface area contributed by atoms with Gasteiger partial charge in [0.05, 0.1) is 6.04 Å². The standard InChI is InChI=1S/C17H16F3N5OS/c1-9-6-14(17(18,19)20)25-15(23-9)7-11(24-25)16(26)22-8-12-10-3-5-27-13(10)2-4-21-12/h3,5-7,12,21H,2,4,8H2,1H3,(H,22,26). The Balaban J connectivity index is 1.56. The number of carbonyl (C=O) groups excluding carboxylic acids is 1. The molecule has 3 aromatic rings. The van der Waals surface area contributed by atoms with Gasteiger partial charge in [-0.2, -0.15) is 18.3 Å². The Kier molecular flexibility index (Phi) is 4.39. The minimum atomic E-state index is -4.59. The van der Waals surface area contributed by atoms with Gasteiger partial charge in [0.25, 0.3) is 5.91 Å². The molecule has 4 rings (SSSR count). The molecule has 1 unspecified atom stereocenters. The third kappa shape index (κ3) is 3.42. The van der Waals surface area contributed by atoms with Crippen molar-refractivity contribution in [2.75, 3.05) is 13.1 Å². The number of thiophene rings is 1. The predicted octanol–water partition coefficient (Wildman–Crippen LogP) is 2.73. The van der Waals surface area contributed by atoms with E-state index in [-0.39, 0.29) is 23.1 Å². The van der Waals surface area contributed by atoms with Crippen LogP contribution >= 0.6 is 11.3 Å². The summed E-state index contributed by atoms with van der Waals surface area (Å²) >= 11 is 1.68. The van der Waals surface area contributed by atoms with Crippen LogP contribution in [0, 0.1) is 6.92 Å². The second kappa shape index (κ2) is 6.61. The van der Waals surface area contributed by atoms with E-state index in [2.05, 4.69) is 20.7 Å². The number of rotatable bonds is 3. The van der Waals surface area contributed by atoms with Crippen molar-refractivity contribution in [2.24, 2.45) is 0 Å². The minimum absolute atomic E-state index is 0.0108. The number of nitrogens with one attached hydrogen (secondary N) is 2. The number of alkyl halides is 3. The third-order valence-corrected chi connectivity index (χ3v) is 5.44. The zero-order chi connectivity index (χ0) is 19.2. The molecule has 2 N–H and O–H groups in total. The summed E-state index contributed by atoms with van der Waals surface area (Å²) in [5.41, 5.74) is 0.292. The molecule has 1 aliphatic heterocycles. The number of aryl methyl sites for hydroxylation is 1. The maximum absolute atomic E-state index is 13.2. The molecule has 10 heteroatoms. The lowest BCUT2D eigenvalue weighted by atomic mass is 10.0. The van der Waals surface area contributed by atoms with Crippen molar-refractivity contribution >= 4 is 22.9 Å². The van der Waals surface area contributed by atoms with Crippen molar-refractivity contribution in [3.63, 3.8) is 0 Å². The Morgan fingerprint density at radius 1 is 1.44 bits per heavy atom. The van der Waals surface area contributed by atoms with Gasteiger partial charge in [0.1, 0.15) is 5.69 Å². The Bertz CT molecular complexity index is 1010. The first-order valence-corrected chi connectivity index (χ1v) is 9.23. The van der Waals surface area contributed by atoms with Gasteiger partial charge in [-0.1, -0.05) is 0 Å². The van der Waals surface area contributed by atoms with Gasteiger partial charge in [-0.05, 0) is 36.4 Å². The van der Waals surface area contributed by atoms with Crippen LogP contribution in [-0.4, -0.2) is 33.6 Å². The molecule has 0 fully saturated rings. The Labute approximate surface area is 156 Å². The molecule has 3 aromatic heterocycles. The summed E-state index contributed by atoms with van der Waals surface area (Å²) in [5, 5.41) is 11.9. The van der Waals surface area contributed by atoms with Crippen molar-refractivity contribution in [1.82, 2.24) is 25.2 Å². The van der Waals surface area contributed by atoms with Gasteiger partial charge in [0.2, 0.25) is 0 Å². The number of halogens is 3. The highest BCUT2D eigenvalue weighted by atomic mass is 32.1. The average molecular weight is 395 g/mol. The van der Waals surface area contributed by atoms with Crippen molar-refractivity contribution in [2.45, 2.75) is 25.6 Å². The SMILES string of the molecule is Cc1cc(C(F)(F)F)n2nc(C(=O)NCC3NCCc4sccc43)cc2n1. The van der Waals surface area contributed by atoms with E-state index in [9.17, 15) is 18.0 Å². The second-order valence-corrected chi connectivity index (χ2v) is 7.35. The molecule has 4 heterocycles. The molecular weight excluding hydrogens is 379 g/mol. The number of amides is 1. The molecular formula is C17H16F3N5OS. The zero-order valence-corrected chi connectivity index (χ0v) is 15.1. The third-order valence-electron chi connectivity index (χ3n) is 4.44. The normalized spacial score (nSPS) is 17.1. The largest absolute Gasteiger partial charge is 0.433 e. The summed E-state index contributed by atoms with van der Waals surface area (Å²) < 4.78 is 40.3. The van der Waals surface area contributed by atoms with Crippen LogP contribution < -0.4 is 10.6 Å². The smallest absolute Gasteiger partial charge is 0.349 e. The van der Waals surface area contributed by atoms with E-state index < -0.39 is 17.8 Å². The van der Waals surface area contributed by atoms with Gasteiger partial charge < -0.3 is 10.6 Å². The fraction of sp³-hybridized carbons (Fsp3) is 0.353. The second-order valence-electron chi connectivity index (χ2n) is 6.35. The molecule has 0 saturated heterocycles. The molecule has 142 valence electrons. The van der Waals surface area contributed by atoms with Crippen LogP contribution in [0.5, 0.6) is 0 Å². The van der Waals surface area contributed by atoms with Gasteiger partial charge in [-0.3, -0.25) is 4.79 Å². The molecule has 0 spiro atoms. The van der Waals surface area contributed by atoms with Gasteiger partial charge in [0.15, 0.2) is 11.3 Å². The van der Waals surface area contributed by atoms with Gasteiger partial charge in [-0.25, -0.2) is 9.50 Å². The number of carbonyl (C=O) groups is 1.